The average molecular weight is 366 g/mol. The molecule has 0 aliphatic heterocycles. The molecule has 0 atom stereocenters. The number of hydrogen-bond donors (Lipinski definition) is 0. The molecule has 0 saturated heterocycles. The van der Waals surface area contributed by atoms with Crippen LogP contribution in [0, 0.1) is 13.8 Å². The van der Waals surface area contributed by atoms with Gasteiger partial charge in [0.15, 0.2) is 10.8 Å². The van der Waals surface area contributed by atoms with Gasteiger partial charge in [-0.05, 0) is 37.6 Å². The summed E-state index contributed by atoms with van der Waals surface area (Å²) in [6.45, 7) is 4.66. The highest BCUT2D eigenvalue weighted by molar-refractivity contribution is 7.99. The fourth-order valence-electron chi connectivity index (χ4n) is 2.90. The van der Waals surface area contributed by atoms with Gasteiger partial charge >= 0.3 is 5.69 Å². The number of thioether (sulfide) groups is 1. The molecule has 0 spiro atoms. The number of aromatic nitrogens is 6. The van der Waals surface area contributed by atoms with Crippen LogP contribution in [-0.4, -0.2) is 34.7 Å². The van der Waals surface area contributed by atoms with Crippen molar-refractivity contribution < 1.29 is 0 Å². The third-order valence-electron chi connectivity index (χ3n) is 4.15. The third-order valence-corrected chi connectivity index (χ3v) is 5.07. The van der Waals surface area contributed by atoms with E-state index in [9.17, 15) is 4.79 Å². The van der Waals surface area contributed by atoms with Gasteiger partial charge in [-0.1, -0.05) is 35.5 Å². The van der Waals surface area contributed by atoms with Gasteiger partial charge in [0, 0.05) is 11.9 Å². The maximum absolute atomic E-state index is 12.3. The van der Waals surface area contributed by atoms with Crippen molar-refractivity contribution in [2.24, 2.45) is 0 Å². The number of pyridine rings is 1. The predicted molar refractivity (Wildman–Crippen MR) is 101 cm³/mol. The summed E-state index contributed by atoms with van der Waals surface area (Å²) in [6.07, 6.45) is 3.45. The Morgan fingerprint density at radius 2 is 2.04 bits per heavy atom. The molecule has 0 radical (unpaired) electrons. The molecule has 0 aliphatic carbocycles. The van der Waals surface area contributed by atoms with Crippen molar-refractivity contribution in [1.82, 2.24) is 28.9 Å². The van der Waals surface area contributed by atoms with E-state index in [0.717, 1.165) is 10.8 Å². The summed E-state index contributed by atoms with van der Waals surface area (Å²) in [6, 6.07) is 11.8. The zero-order chi connectivity index (χ0) is 18.1. The van der Waals surface area contributed by atoms with Crippen LogP contribution in [0.15, 0.2) is 58.9 Å². The van der Waals surface area contributed by atoms with Crippen LogP contribution >= 0.6 is 11.8 Å². The molecule has 0 N–H and O–H groups in total. The first kappa shape index (κ1) is 16.6. The first-order valence-corrected chi connectivity index (χ1v) is 9.27. The molecule has 1 aromatic carbocycles. The number of fused-ring (bicyclic) bond motifs is 1. The van der Waals surface area contributed by atoms with E-state index in [-0.39, 0.29) is 5.69 Å². The van der Waals surface area contributed by atoms with E-state index < -0.39 is 0 Å². The molecule has 4 aromatic rings. The summed E-state index contributed by atoms with van der Waals surface area (Å²) in [5.74, 6) is 0.674. The molecule has 3 heterocycles. The van der Waals surface area contributed by atoms with Crippen LogP contribution in [0.25, 0.3) is 11.3 Å². The molecule has 132 valence electrons. The Balaban J connectivity index is 1.51. The Bertz CT molecular complexity index is 1130. The fraction of sp³-hybridized carbons (Fsp3) is 0.222. The molecule has 3 aromatic heterocycles. The molecular weight excluding hydrogens is 348 g/mol. The quantitative estimate of drug-likeness (QED) is 0.508. The van der Waals surface area contributed by atoms with Gasteiger partial charge in [-0.2, -0.15) is 0 Å². The van der Waals surface area contributed by atoms with E-state index in [4.69, 9.17) is 0 Å². The average Bonchev–Trinajstić information content (AvgIpc) is 3.21. The van der Waals surface area contributed by atoms with Crippen molar-refractivity contribution >= 4 is 17.4 Å². The standard InChI is InChI=1S/C18H18N6OS/c1-13-6-7-15(14(2)11-13)23-12-19-20-17(23)26-10-9-24-18(25)22-8-4-3-5-16(22)21-24/h3-8,11-12H,9-10H2,1-2H3. The normalized spacial score (nSPS) is 11.3. The van der Waals surface area contributed by atoms with Crippen LogP contribution in [0.3, 0.4) is 0 Å². The maximum Gasteiger partial charge on any atom is 0.350 e. The van der Waals surface area contributed by atoms with Crippen LogP contribution in [0.5, 0.6) is 0 Å². The summed E-state index contributed by atoms with van der Waals surface area (Å²) < 4.78 is 5.01. The topological polar surface area (TPSA) is 70.0 Å². The zero-order valence-electron chi connectivity index (χ0n) is 14.5. The van der Waals surface area contributed by atoms with E-state index in [1.165, 1.54) is 15.8 Å². The monoisotopic (exact) mass is 366 g/mol. The van der Waals surface area contributed by atoms with Gasteiger partial charge in [0.25, 0.3) is 0 Å². The van der Waals surface area contributed by atoms with Crippen LogP contribution in [-0.2, 0) is 6.54 Å². The van der Waals surface area contributed by atoms with Crippen molar-refractivity contribution in [2.45, 2.75) is 25.5 Å². The Hall–Kier alpha value is -2.87. The second-order valence-corrected chi connectivity index (χ2v) is 7.12. The van der Waals surface area contributed by atoms with E-state index >= 15 is 0 Å². The summed E-state index contributed by atoms with van der Waals surface area (Å²) >= 11 is 1.56. The van der Waals surface area contributed by atoms with Gasteiger partial charge in [-0.3, -0.25) is 8.97 Å². The van der Waals surface area contributed by atoms with Gasteiger partial charge in [0.2, 0.25) is 0 Å². The molecule has 0 aliphatic rings. The van der Waals surface area contributed by atoms with E-state index in [2.05, 4.69) is 47.3 Å². The SMILES string of the molecule is Cc1ccc(-n2cnnc2SCCn2nc3ccccn3c2=O)c(C)c1. The molecule has 0 saturated carbocycles. The van der Waals surface area contributed by atoms with Crippen molar-refractivity contribution in [3.05, 3.63) is 70.5 Å². The number of aryl methyl sites for hydroxylation is 3. The Labute approximate surface area is 154 Å². The predicted octanol–water partition coefficient (Wildman–Crippen LogP) is 2.49. The molecule has 26 heavy (non-hydrogen) atoms. The van der Waals surface area contributed by atoms with Crippen LogP contribution in [0.4, 0.5) is 0 Å². The Kier molecular flexibility index (Phi) is 4.34. The molecule has 0 bridgehead atoms. The molecular formula is C18H18N6OS. The lowest BCUT2D eigenvalue weighted by molar-refractivity contribution is 0.639. The van der Waals surface area contributed by atoms with E-state index in [1.54, 1.807) is 28.7 Å². The van der Waals surface area contributed by atoms with Crippen LogP contribution in [0.2, 0.25) is 0 Å². The Morgan fingerprint density at radius 1 is 1.15 bits per heavy atom. The first-order chi connectivity index (χ1) is 12.6. The van der Waals surface area contributed by atoms with Crippen molar-refractivity contribution in [1.29, 1.82) is 0 Å². The van der Waals surface area contributed by atoms with Crippen molar-refractivity contribution in [2.75, 3.05) is 5.75 Å². The van der Waals surface area contributed by atoms with E-state index in [1.807, 2.05) is 22.8 Å². The van der Waals surface area contributed by atoms with Gasteiger partial charge in [0.05, 0.1) is 12.2 Å². The van der Waals surface area contributed by atoms with Gasteiger partial charge in [-0.15, -0.1) is 15.3 Å². The molecule has 0 unspecified atom stereocenters. The van der Waals surface area contributed by atoms with E-state index in [0.29, 0.717) is 17.9 Å². The number of nitrogens with zero attached hydrogens (tertiary/aromatic N) is 6. The summed E-state index contributed by atoms with van der Waals surface area (Å²) in [4.78, 5) is 12.3. The molecule has 0 amide bonds. The van der Waals surface area contributed by atoms with Crippen molar-refractivity contribution in [3.8, 4) is 5.69 Å². The fourth-order valence-corrected chi connectivity index (χ4v) is 3.74. The highest BCUT2D eigenvalue weighted by Gasteiger charge is 2.11. The molecule has 7 nitrogen and oxygen atoms in total. The first-order valence-electron chi connectivity index (χ1n) is 8.28. The van der Waals surface area contributed by atoms with Crippen LogP contribution in [0.1, 0.15) is 11.1 Å². The number of rotatable bonds is 5. The second kappa shape index (κ2) is 6.80. The Morgan fingerprint density at radius 3 is 2.85 bits per heavy atom. The molecule has 4 rings (SSSR count). The number of hydrogen-bond acceptors (Lipinski definition) is 5. The minimum Gasteiger partial charge on any atom is -0.276 e. The molecule has 0 fully saturated rings. The summed E-state index contributed by atoms with van der Waals surface area (Å²) in [5.41, 5.74) is 3.98. The maximum atomic E-state index is 12.3. The van der Waals surface area contributed by atoms with Gasteiger partial charge in [-0.25, -0.2) is 9.48 Å². The molecule has 8 heteroatoms. The number of benzene rings is 1. The summed E-state index contributed by atoms with van der Waals surface area (Å²) in [7, 11) is 0. The largest absolute Gasteiger partial charge is 0.350 e. The highest BCUT2D eigenvalue weighted by atomic mass is 32.2. The lowest BCUT2D eigenvalue weighted by atomic mass is 10.1. The highest BCUT2D eigenvalue weighted by Crippen LogP contribution is 2.22. The summed E-state index contributed by atoms with van der Waals surface area (Å²) in [5, 5.41) is 13.4. The lowest BCUT2D eigenvalue weighted by Crippen LogP contribution is -2.22. The second-order valence-electron chi connectivity index (χ2n) is 6.06. The van der Waals surface area contributed by atoms with Gasteiger partial charge < -0.3 is 0 Å². The third kappa shape index (κ3) is 3.03. The van der Waals surface area contributed by atoms with Gasteiger partial charge in [0.1, 0.15) is 6.33 Å². The zero-order valence-corrected chi connectivity index (χ0v) is 15.3. The van der Waals surface area contributed by atoms with Crippen LogP contribution < -0.4 is 5.69 Å². The minimum absolute atomic E-state index is 0.128. The lowest BCUT2D eigenvalue weighted by Gasteiger charge is -2.10. The van der Waals surface area contributed by atoms with Crippen molar-refractivity contribution in [3.63, 3.8) is 0 Å². The minimum atomic E-state index is -0.128. The smallest absolute Gasteiger partial charge is 0.276 e.